The van der Waals surface area contributed by atoms with Gasteiger partial charge in [0.2, 0.25) is 5.91 Å². The van der Waals surface area contributed by atoms with Gasteiger partial charge in [-0.15, -0.1) is 0 Å². The predicted molar refractivity (Wildman–Crippen MR) is 106 cm³/mol. The maximum atomic E-state index is 12.6. The van der Waals surface area contributed by atoms with Gasteiger partial charge in [0.15, 0.2) is 0 Å². The molecule has 0 radical (unpaired) electrons. The first-order valence-corrected chi connectivity index (χ1v) is 9.27. The number of hydrogen-bond donors (Lipinski definition) is 0. The van der Waals surface area contributed by atoms with Crippen LogP contribution in [0.15, 0.2) is 61.3 Å². The lowest BCUT2D eigenvalue weighted by Gasteiger charge is -2.35. The van der Waals surface area contributed by atoms with E-state index in [-0.39, 0.29) is 5.91 Å². The molecule has 0 bridgehead atoms. The fraction of sp³-hybridized carbons (Fsp3) is 0.286. The van der Waals surface area contributed by atoms with Crippen LogP contribution >= 0.6 is 0 Å². The molecule has 0 atom stereocenters. The zero-order valence-corrected chi connectivity index (χ0v) is 15.9. The monoisotopic (exact) mass is 377 g/mol. The highest BCUT2D eigenvalue weighted by molar-refractivity contribution is 5.82. The van der Waals surface area contributed by atoms with Crippen molar-refractivity contribution >= 4 is 11.7 Å². The van der Waals surface area contributed by atoms with E-state index in [0.29, 0.717) is 19.6 Å². The number of pyridine rings is 1. The first-order valence-electron chi connectivity index (χ1n) is 9.27. The number of piperazine rings is 1. The molecule has 1 saturated heterocycles. The van der Waals surface area contributed by atoms with Gasteiger partial charge in [-0.05, 0) is 29.3 Å². The Morgan fingerprint density at radius 2 is 1.86 bits per heavy atom. The molecular weight excluding hydrogens is 354 g/mol. The van der Waals surface area contributed by atoms with Crippen LogP contribution in [0.1, 0.15) is 11.1 Å². The largest absolute Gasteiger partial charge is 0.497 e. The maximum absolute atomic E-state index is 12.6. The van der Waals surface area contributed by atoms with Crippen LogP contribution in [0.25, 0.3) is 0 Å². The lowest BCUT2D eigenvalue weighted by Crippen LogP contribution is -2.50. The van der Waals surface area contributed by atoms with E-state index in [1.807, 2.05) is 57.1 Å². The minimum atomic E-state index is 0.117. The molecule has 0 aliphatic carbocycles. The Bertz CT molecular complexity index is 907. The lowest BCUT2D eigenvalue weighted by molar-refractivity contribution is -0.131. The van der Waals surface area contributed by atoms with Crippen molar-refractivity contribution in [2.45, 2.75) is 13.1 Å². The van der Waals surface area contributed by atoms with Crippen molar-refractivity contribution in [3.8, 4) is 5.75 Å². The summed E-state index contributed by atoms with van der Waals surface area (Å²) < 4.78 is 7.18. The SMILES string of the molecule is COc1ccc(CN2CCN(c3ccc(Cn4ccnc4)cn3)CC2=O)cc1. The first kappa shape index (κ1) is 18.0. The van der Waals surface area contributed by atoms with Crippen LogP contribution in [0, 0.1) is 0 Å². The average molecular weight is 377 g/mol. The third kappa shape index (κ3) is 4.14. The summed E-state index contributed by atoms with van der Waals surface area (Å²) in [6.07, 6.45) is 7.34. The quantitative estimate of drug-likeness (QED) is 0.659. The van der Waals surface area contributed by atoms with E-state index in [4.69, 9.17) is 4.74 Å². The first-order chi connectivity index (χ1) is 13.7. The van der Waals surface area contributed by atoms with Gasteiger partial charge in [0, 0.05) is 44.8 Å². The van der Waals surface area contributed by atoms with Gasteiger partial charge in [-0.3, -0.25) is 4.79 Å². The van der Waals surface area contributed by atoms with E-state index in [0.717, 1.165) is 35.8 Å². The van der Waals surface area contributed by atoms with Gasteiger partial charge >= 0.3 is 0 Å². The van der Waals surface area contributed by atoms with Crippen molar-refractivity contribution < 1.29 is 9.53 Å². The molecule has 1 aliphatic heterocycles. The van der Waals surface area contributed by atoms with E-state index in [2.05, 4.69) is 16.0 Å². The van der Waals surface area contributed by atoms with Crippen LogP contribution in [-0.2, 0) is 17.9 Å². The van der Waals surface area contributed by atoms with Crippen LogP contribution in [0.2, 0.25) is 0 Å². The molecule has 7 heteroatoms. The summed E-state index contributed by atoms with van der Waals surface area (Å²) in [5.74, 6) is 1.78. The molecule has 3 heterocycles. The number of benzene rings is 1. The highest BCUT2D eigenvalue weighted by Gasteiger charge is 2.24. The summed E-state index contributed by atoms with van der Waals surface area (Å²) in [6, 6.07) is 11.9. The second-order valence-corrected chi connectivity index (χ2v) is 6.84. The number of imidazole rings is 1. The van der Waals surface area contributed by atoms with Crippen molar-refractivity contribution in [2.75, 3.05) is 31.6 Å². The molecular formula is C21H23N5O2. The predicted octanol–water partition coefficient (Wildman–Crippen LogP) is 2.18. The van der Waals surface area contributed by atoms with Gasteiger partial charge in [0.05, 0.1) is 20.0 Å². The number of anilines is 1. The second-order valence-electron chi connectivity index (χ2n) is 6.84. The molecule has 0 spiro atoms. The number of carbonyl (C=O) groups is 1. The second kappa shape index (κ2) is 8.12. The van der Waals surface area contributed by atoms with Crippen LogP contribution in [0.3, 0.4) is 0 Å². The summed E-state index contributed by atoms with van der Waals surface area (Å²) in [7, 11) is 1.65. The van der Waals surface area contributed by atoms with Crippen molar-refractivity contribution in [2.24, 2.45) is 0 Å². The molecule has 144 valence electrons. The Balaban J connectivity index is 1.34. The van der Waals surface area contributed by atoms with E-state index in [1.54, 1.807) is 19.6 Å². The van der Waals surface area contributed by atoms with Gasteiger partial charge in [0.1, 0.15) is 11.6 Å². The van der Waals surface area contributed by atoms with Crippen LogP contribution < -0.4 is 9.64 Å². The number of aromatic nitrogens is 3. The summed E-state index contributed by atoms with van der Waals surface area (Å²) >= 11 is 0. The molecule has 3 aromatic rings. The van der Waals surface area contributed by atoms with Crippen molar-refractivity contribution in [3.63, 3.8) is 0 Å². The van der Waals surface area contributed by atoms with Crippen LogP contribution in [0.5, 0.6) is 5.75 Å². The maximum Gasteiger partial charge on any atom is 0.242 e. The fourth-order valence-corrected chi connectivity index (χ4v) is 3.31. The molecule has 0 saturated carbocycles. The molecule has 28 heavy (non-hydrogen) atoms. The Labute approximate surface area is 164 Å². The molecule has 0 N–H and O–H groups in total. The summed E-state index contributed by atoms with van der Waals surface area (Å²) in [5, 5.41) is 0. The summed E-state index contributed by atoms with van der Waals surface area (Å²) in [4.78, 5) is 25.1. The highest BCUT2D eigenvalue weighted by Crippen LogP contribution is 2.18. The topological polar surface area (TPSA) is 63.5 Å². The Kier molecular flexibility index (Phi) is 5.23. The minimum Gasteiger partial charge on any atom is -0.497 e. The minimum absolute atomic E-state index is 0.117. The summed E-state index contributed by atoms with van der Waals surface area (Å²) in [5.41, 5.74) is 2.20. The van der Waals surface area contributed by atoms with E-state index in [1.165, 1.54) is 0 Å². The molecule has 0 unspecified atom stereocenters. The number of rotatable bonds is 6. The standard InChI is InChI=1S/C21H23N5O2/c1-28-19-5-2-17(3-6-19)14-26-11-10-25(15-21(26)27)20-7-4-18(12-23-20)13-24-9-8-22-16-24/h2-9,12,16H,10-11,13-15H2,1H3. The molecule has 2 aromatic heterocycles. The Hall–Kier alpha value is -3.35. The molecule has 1 amide bonds. The van der Waals surface area contributed by atoms with Gasteiger partial charge in [-0.2, -0.15) is 0 Å². The molecule has 4 rings (SSSR count). The van der Waals surface area contributed by atoms with Crippen molar-refractivity contribution in [1.29, 1.82) is 0 Å². The van der Waals surface area contributed by atoms with Crippen molar-refractivity contribution in [3.05, 3.63) is 72.4 Å². The molecule has 7 nitrogen and oxygen atoms in total. The number of amides is 1. The van der Waals surface area contributed by atoms with E-state index < -0.39 is 0 Å². The lowest BCUT2D eigenvalue weighted by atomic mass is 10.2. The van der Waals surface area contributed by atoms with Gasteiger partial charge in [-0.25, -0.2) is 9.97 Å². The molecule has 1 fully saturated rings. The normalized spacial score (nSPS) is 14.4. The fourth-order valence-electron chi connectivity index (χ4n) is 3.31. The van der Waals surface area contributed by atoms with E-state index >= 15 is 0 Å². The number of carbonyl (C=O) groups excluding carboxylic acids is 1. The van der Waals surface area contributed by atoms with Gasteiger partial charge in [-0.1, -0.05) is 18.2 Å². The number of methoxy groups -OCH3 is 1. The van der Waals surface area contributed by atoms with Gasteiger partial charge < -0.3 is 19.1 Å². The van der Waals surface area contributed by atoms with Crippen LogP contribution in [0.4, 0.5) is 5.82 Å². The zero-order chi connectivity index (χ0) is 19.3. The smallest absolute Gasteiger partial charge is 0.242 e. The van der Waals surface area contributed by atoms with Gasteiger partial charge in [0.25, 0.3) is 0 Å². The third-order valence-corrected chi connectivity index (χ3v) is 4.91. The number of hydrogen-bond acceptors (Lipinski definition) is 5. The Morgan fingerprint density at radius 1 is 1.04 bits per heavy atom. The zero-order valence-electron chi connectivity index (χ0n) is 15.9. The number of nitrogens with zero attached hydrogens (tertiary/aromatic N) is 5. The summed E-state index contributed by atoms with van der Waals surface area (Å²) in [6.45, 7) is 3.17. The third-order valence-electron chi connectivity index (χ3n) is 4.91. The molecule has 1 aliphatic rings. The number of ether oxygens (including phenoxy) is 1. The van der Waals surface area contributed by atoms with Crippen molar-refractivity contribution in [1.82, 2.24) is 19.4 Å². The molecule has 1 aromatic carbocycles. The average Bonchev–Trinajstić information content (AvgIpc) is 3.24. The van der Waals surface area contributed by atoms with Crippen LogP contribution in [-0.4, -0.2) is 52.1 Å². The van der Waals surface area contributed by atoms with E-state index in [9.17, 15) is 4.79 Å². The highest BCUT2D eigenvalue weighted by atomic mass is 16.5. The Morgan fingerprint density at radius 3 is 2.50 bits per heavy atom.